The molecule has 0 aliphatic heterocycles. The van der Waals surface area contributed by atoms with Gasteiger partial charge in [0.15, 0.2) is 9.84 Å². The molecular formula is C12H14ClNO2S. The van der Waals surface area contributed by atoms with Gasteiger partial charge in [-0.05, 0) is 37.6 Å². The lowest BCUT2D eigenvalue weighted by molar-refractivity contribution is 0.586. The predicted octanol–water partition coefficient (Wildman–Crippen LogP) is 3.14. The highest BCUT2D eigenvalue weighted by Crippen LogP contribution is 2.24. The van der Waals surface area contributed by atoms with Crippen molar-refractivity contribution in [2.75, 3.05) is 0 Å². The first-order valence-electron chi connectivity index (χ1n) is 5.37. The largest absolute Gasteiger partial charge is 0.361 e. The van der Waals surface area contributed by atoms with E-state index in [0.29, 0.717) is 5.02 Å². The molecule has 1 heterocycles. The van der Waals surface area contributed by atoms with Crippen molar-refractivity contribution in [2.24, 2.45) is 0 Å². The minimum absolute atomic E-state index is 0.0466. The van der Waals surface area contributed by atoms with Crippen LogP contribution in [-0.4, -0.2) is 18.7 Å². The van der Waals surface area contributed by atoms with E-state index in [1.165, 1.54) is 0 Å². The third kappa shape index (κ3) is 2.48. The molecule has 0 unspecified atom stereocenters. The third-order valence-electron chi connectivity index (χ3n) is 2.80. The number of aromatic nitrogens is 1. The van der Waals surface area contributed by atoms with Gasteiger partial charge in [0.05, 0.1) is 11.0 Å². The molecule has 0 atom stereocenters. The molecule has 0 fully saturated rings. The molecule has 1 aromatic carbocycles. The van der Waals surface area contributed by atoms with Gasteiger partial charge >= 0.3 is 0 Å². The molecule has 3 nitrogen and oxygen atoms in total. The second-order valence-corrected chi connectivity index (χ2v) is 7.35. The number of hydrogen-bond donors (Lipinski definition) is 1. The summed E-state index contributed by atoms with van der Waals surface area (Å²) in [5.41, 5.74) is 1.68. The molecule has 92 valence electrons. The first-order valence-corrected chi connectivity index (χ1v) is 7.46. The van der Waals surface area contributed by atoms with Crippen LogP contribution in [0.3, 0.4) is 0 Å². The Bertz CT molecular complexity index is 644. The van der Waals surface area contributed by atoms with Crippen LogP contribution in [0.2, 0.25) is 5.02 Å². The first-order chi connectivity index (χ1) is 7.90. The SMILES string of the molecule is CC(C)S(=O)(=O)Cc1c[nH]c2ccc(Cl)cc12. The van der Waals surface area contributed by atoms with Crippen molar-refractivity contribution >= 4 is 32.3 Å². The highest BCUT2D eigenvalue weighted by atomic mass is 35.5. The average molecular weight is 272 g/mol. The van der Waals surface area contributed by atoms with Crippen LogP contribution in [0.15, 0.2) is 24.4 Å². The number of aromatic amines is 1. The maximum absolute atomic E-state index is 11.9. The Hall–Kier alpha value is -1.00. The van der Waals surface area contributed by atoms with E-state index >= 15 is 0 Å². The summed E-state index contributed by atoms with van der Waals surface area (Å²) in [7, 11) is -3.09. The van der Waals surface area contributed by atoms with Crippen LogP contribution in [0, 0.1) is 0 Å². The van der Waals surface area contributed by atoms with Gasteiger partial charge in [-0.25, -0.2) is 8.42 Å². The van der Waals surface area contributed by atoms with E-state index in [-0.39, 0.29) is 11.0 Å². The van der Waals surface area contributed by atoms with E-state index in [0.717, 1.165) is 16.5 Å². The van der Waals surface area contributed by atoms with Gasteiger partial charge in [-0.2, -0.15) is 0 Å². The van der Waals surface area contributed by atoms with Gasteiger partial charge in [-0.3, -0.25) is 0 Å². The smallest absolute Gasteiger partial charge is 0.156 e. The second-order valence-electron chi connectivity index (χ2n) is 4.36. The molecule has 0 spiro atoms. The number of fused-ring (bicyclic) bond motifs is 1. The van der Waals surface area contributed by atoms with Crippen molar-refractivity contribution in [2.45, 2.75) is 24.9 Å². The number of benzene rings is 1. The highest BCUT2D eigenvalue weighted by Gasteiger charge is 2.18. The number of H-pyrrole nitrogens is 1. The summed E-state index contributed by atoms with van der Waals surface area (Å²) in [4.78, 5) is 3.05. The maximum Gasteiger partial charge on any atom is 0.156 e. The molecule has 2 aromatic rings. The summed E-state index contributed by atoms with van der Waals surface area (Å²) in [6.07, 6.45) is 1.74. The van der Waals surface area contributed by atoms with E-state index in [2.05, 4.69) is 4.98 Å². The summed E-state index contributed by atoms with van der Waals surface area (Å²) < 4.78 is 23.8. The summed E-state index contributed by atoms with van der Waals surface area (Å²) >= 11 is 5.92. The normalized spacial score (nSPS) is 12.5. The zero-order chi connectivity index (χ0) is 12.6. The lowest BCUT2D eigenvalue weighted by Crippen LogP contribution is -2.15. The molecule has 0 amide bonds. The Morgan fingerprint density at radius 3 is 2.71 bits per heavy atom. The molecule has 0 aliphatic rings. The van der Waals surface area contributed by atoms with E-state index < -0.39 is 9.84 Å². The Morgan fingerprint density at radius 2 is 2.06 bits per heavy atom. The van der Waals surface area contributed by atoms with Crippen molar-refractivity contribution in [3.8, 4) is 0 Å². The summed E-state index contributed by atoms with van der Waals surface area (Å²) in [5, 5.41) is 1.12. The van der Waals surface area contributed by atoms with E-state index in [4.69, 9.17) is 11.6 Å². The topological polar surface area (TPSA) is 49.9 Å². The fourth-order valence-electron chi connectivity index (χ4n) is 1.65. The maximum atomic E-state index is 11.9. The molecule has 1 aromatic heterocycles. The number of sulfone groups is 1. The fourth-order valence-corrected chi connectivity index (χ4v) is 2.83. The minimum Gasteiger partial charge on any atom is -0.361 e. The summed E-state index contributed by atoms with van der Waals surface area (Å²) in [6, 6.07) is 5.42. The van der Waals surface area contributed by atoms with Crippen molar-refractivity contribution in [1.29, 1.82) is 0 Å². The van der Waals surface area contributed by atoms with Crippen molar-refractivity contribution in [3.63, 3.8) is 0 Å². The molecule has 0 saturated heterocycles. The minimum atomic E-state index is -3.09. The second kappa shape index (κ2) is 4.35. The van der Waals surface area contributed by atoms with Crippen LogP contribution < -0.4 is 0 Å². The average Bonchev–Trinajstić information content (AvgIpc) is 2.60. The van der Waals surface area contributed by atoms with E-state index in [1.807, 2.05) is 6.07 Å². The summed E-state index contributed by atoms with van der Waals surface area (Å²) in [6.45, 7) is 3.38. The lowest BCUT2D eigenvalue weighted by atomic mass is 10.2. The molecule has 0 aliphatic carbocycles. The van der Waals surface area contributed by atoms with Crippen LogP contribution in [0.5, 0.6) is 0 Å². The molecule has 5 heteroatoms. The van der Waals surface area contributed by atoms with Crippen molar-refractivity contribution in [3.05, 3.63) is 35.0 Å². The predicted molar refractivity (Wildman–Crippen MR) is 71.1 cm³/mol. The Kier molecular flexibility index (Phi) is 3.19. The number of rotatable bonds is 3. The Balaban J connectivity index is 2.47. The quantitative estimate of drug-likeness (QED) is 0.932. The van der Waals surface area contributed by atoms with Crippen LogP contribution in [0.4, 0.5) is 0 Å². The first kappa shape index (κ1) is 12.5. The summed E-state index contributed by atoms with van der Waals surface area (Å²) in [5.74, 6) is 0.0466. The molecule has 17 heavy (non-hydrogen) atoms. The fraction of sp³-hybridized carbons (Fsp3) is 0.333. The lowest BCUT2D eigenvalue weighted by Gasteiger charge is -2.06. The van der Waals surface area contributed by atoms with Crippen LogP contribution in [-0.2, 0) is 15.6 Å². The molecule has 0 saturated carbocycles. The Labute approximate surface area is 106 Å². The number of halogens is 1. The van der Waals surface area contributed by atoms with Gasteiger partial charge in [0, 0.05) is 22.1 Å². The van der Waals surface area contributed by atoms with Crippen molar-refractivity contribution < 1.29 is 8.42 Å². The molecule has 0 bridgehead atoms. The van der Waals surface area contributed by atoms with Crippen LogP contribution in [0.25, 0.3) is 10.9 Å². The van der Waals surface area contributed by atoms with E-state index in [1.54, 1.807) is 32.2 Å². The van der Waals surface area contributed by atoms with Gasteiger partial charge < -0.3 is 4.98 Å². The Morgan fingerprint density at radius 1 is 1.35 bits per heavy atom. The molecule has 0 radical (unpaired) electrons. The van der Waals surface area contributed by atoms with Crippen molar-refractivity contribution in [1.82, 2.24) is 4.98 Å². The van der Waals surface area contributed by atoms with Gasteiger partial charge in [0.2, 0.25) is 0 Å². The van der Waals surface area contributed by atoms with Gasteiger partial charge in [0.25, 0.3) is 0 Å². The highest BCUT2D eigenvalue weighted by molar-refractivity contribution is 7.91. The molecular weight excluding hydrogens is 258 g/mol. The van der Waals surface area contributed by atoms with Gasteiger partial charge in [-0.15, -0.1) is 0 Å². The van der Waals surface area contributed by atoms with E-state index in [9.17, 15) is 8.42 Å². The molecule has 2 rings (SSSR count). The van der Waals surface area contributed by atoms with Crippen LogP contribution in [0.1, 0.15) is 19.4 Å². The van der Waals surface area contributed by atoms with Gasteiger partial charge in [-0.1, -0.05) is 11.6 Å². The zero-order valence-corrected chi connectivity index (χ0v) is 11.3. The third-order valence-corrected chi connectivity index (χ3v) is 5.19. The van der Waals surface area contributed by atoms with Gasteiger partial charge in [0.1, 0.15) is 0 Å². The monoisotopic (exact) mass is 271 g/mol. The standard InChI is InChI=1S/C12H14ClNO2S/c1-8(2)17(15,16)7-9-6-14-12-4-3-10(13)5-11(9)12/h3-6,8,14H,7H2,1-2H3. The van der Waals surface area contributed by atoms with Crippen LogP contribution >= 0.6 is 11.6 Å². The molecule has 1 N–H and O–H groups in total. The number of hydrogen-bond acceptors (Lipinski definition) is 2. The zero-order valence-electron chi connectivity index (χ0n) is 9.70. The number of nitrogens with one attached hydrogen (secondary N) is 1.